The van der Waals surface area contributed by atoms with Crippen LogP contribution in [0, 0.1) is 0 Å². The average molecular weight is 276 g/mol. The first-order chi connectivity index (χ1) is 9.90. The minimum atomic E-state index is 0.869. The maximum atomic E-state index is 5.40. The maximum absolute atomic E-state index is 5.40. The molecule has 0 bridgehead atoms. The van der Waals surface area contributed by atoms with Gasteiger partial charge in [-0.25, -0.2) is 0 Å². The van der Waals surface area contributed by atoms with Crippen molar-refractivity contribution in [1.29, 1.82) is 0 Å². The Morgan fingerprint density at radius 1 is 0.750 bits per heavy atom. The zero-order chi connectivity index (χ0) is 13.6. The fourth-order valence-corrected chi connectivity index (χ4v) is 2.86. The molecule has 4 heteroatoms. The van der Waals surface area contributed by atoms with Crippen LogP contribution in [0.25, 0.3) is 0 Å². The van der Waals surface area contributed by atoms with Crippen LogP contribution < -0.4 is 0 Å². The molecular formula is C16H24N2O2. The van der Waals surface area contributed by atoms with Crippen molar-refractivity contribution in [2.24, 2.45) is 0 Å². The number of ether oxygens (including phenoxy) is 2. The Hall–Kier alpha value is -0.940. The second kappa shape index (κ2) is 7.18. The van der Waals surface area contributed by atoms with E-state index in [1.54, 1.807) is 0 Å². The van der Waals surface area contributed by atoms with E-state index >= 15 is 0 Å². The van der Waals surface area contributed by atoms with Crippen LogP contribution in [0.3, 0.4) is 0 Å². The molecule has 0 atom stereocenters. The van der Waals surface area contributed by atoms with E-state index < -0.39 is 0 Å². The highest BCUT2D eigenvalue weighted by Gasteiger charge is 2.13. The summed E-state index contributed by atoms with van der Waals surface area (Å²) in [5.41, 5.74) is 2.83. The lowest BCUT2D eigenvalue weighted by Gasteiger charge is -2.28. The monoisotopic (exact) mass is 276 g/mol. The van der Waals surface area contributed by atoms with Gasteiger partial charge in [-0.2, -0.15) is 0 Å². The van der Waals surface area contributed by atoms with Gasteiger partial charge in [0.15, 0.2) is 0 Å². The molecule has 4 nitrogen and oxygen atoms in total. The average Bonchev–Trinajstić information content (AvgIpc) is 2.50. The molecule has 0 saturated carbocycles. The first kappa shape index (κ1) is 14.0. The molecule has 0 spiro atoms. The van der Waals surface area contributed by atoms with Crippen molar-refractivity contribution in [3.8, 4) is 0 Å². The van der Waals surface area contributed by atoms with Gasteiger partial charge in [-0.3, -0.25) is 9.80 Å². The van der Waals surface area contributed by atoms with Gasteiger partial charge in [-0.05, 0) is 11.1 Å². The summed E-state index contributed by atoms with van der Waals surface area (Å²) >= 11 is 0. The van der Waals surface area contributed by atoms with Gasteiger partial charge in [0.1, 0.15) is 0 Å². The van der Waals surface area contributed by atoms with Gasteiger partial charge in [0.05, 0.1) is 26.4 Å². The van der Waals surface area contributed by atoms with E-state index in [-0.39, 0.29) is 0 Å². The highest BCUT2D eigenvalue weighted by Crippen LogP contribution is 2.12. The standard InChI is InChI=1S/C16H24N2O2/c1-2-15(13-17-4-8-19-9-5-17)12-16(3-1)14-18-6-10-20-11-7-18/h1-3,12H,4-11,13-14H2. The molecule has 0 N–H and O–H groups in total. The summed E-state index contributed by atoms with van der Waals surface area (Å²) in [6.45, 7) is 9.76. The minimum absolute atomic E-state index is 0.869. The van der Waals surface area contributed by atoms with E-state index in [1.807, 2.05) is 0 Å². The summed E-state index contributed by atoms with van der Waals surface area (Å²) in [7, 11) is 0. The van der Waals surface area contributed by atoms with E-state index in [0.29, 0.717) is 0 Å². The summed E-state index contributed by atoms with van der Waals surface area (Å²) in [4.78, 5) is 4.94. The van der Waals surface area contributed by atoms with Crippen LogP contribution in [-0.4, -0.2) is 62.4 Å². The molecule has 0 unspecified atom stereocenters. The van der Waals surface area contributed by atoms with Crippen molar-refractivity contribution < 1.29 is 9.47 Å². The Balaban J connectivity index is 1.57. The smallest absolute Gasteiger partial charge is 0.0594 e. The maximum Gasteiger partial charge on any atom is 0.0594 e. The van der Waals surface area contributed by atoms with Crippen LogP contribution in [0.15, 0.2) is 24.3 Å². The molecule has 3 rings (SSSR count). The Morgan fingerprint density at radius 2 is 1.20 bits per heavy atom. The van der Waals surface area contributed by atoms with E-state index in [4.69, 9.17) is 9.47 Å². The summed E-state index contributed by atoms with van der Waals surface area (Å²) in [6.07, 6.45) is 0. The molecule has 2 aliphatic heterocycles. The molecule has 0 aliphatic carbocycles. The molecule has 2 heterocycles. The highest BCUT2D eigenvalue weighted by molar-refractivity contribution is 5.23. The Labute approximate surface area is 121 Å². The van der Waals surface area contributed by atoms with Gasteiger partial charge >= 0.3 is 0 Å². The Morgan fingerprint density at radius 3 is 1.65 bits per heavy atom. The van der Waals surface area contributed by atoms with E-state index in [9.17, 15) is 0 Å². The quantitative estimate of drug-likeness (QED) is 0.829. The lowest BCUT2D eigenvalue weighted by Crippen LogP contribution is -2.36. The third-order valence-corrected chi connectivity index (χ3v) is 4.01. The first-order valence-electron chi connectivity index (χ1n) is 7.58. The van der Waals surface area contributed by atoms with Gasteiger partial charge < -0.3 is 9.47 Å². The third-order valence-electron chi connectivity index (χ3n) is 4.01. The van der Waals surface area contributed by atoms with Crippen molar-refractivity contribution in [3.63, 3.8) is 0 Å². The summed E-state index contributed by atoms with van der Waals surface area (Å²) in [5, 5.41) is 0. The molecule has 2 fully saturated rings. The van der Waals surface area contributed by atoms with Crippen molar-refractivity contribution in [1.82, 2.24) is 9.80 Å². The van der Waals surface area contributed by atoms with Gasteiger partial charge in [0.2, 0.25) is 0 Å². The fourth-order valence-electron chi connectivity index (χ4n) is 2.86. The normalized spacial score (nSPS) is 22.0. The topological polar surface area (TPSA) is 24.9 Å². The number of nitrogens with zero attached hydrogens (tertiary/aromatic N) is 2. The van der Waals surface area contributed by atoms with Gasteiger partial charge in [-0.1, -0.05) is 24.3 Å². The van der Waals surface area contributed by atoms with Crippen LogP contribution in [0.5, 0.6) is 0 Å². The predicted octanol–water partition coefficient (Wildman–Crippen LogP) is 1.35. The van der Waals surface area contributed by atoms with Gasteiger partial charge in [-0.15, -0.1) is 0 Å². The van der Waals surface area contributed by atoms with Crippen LogP contribution in [-0.2, 0) is 22.6 Å². The van der Waals surface area contributed by atoms with Crippen molar-refractivity contribution >= 4 is 0 Å². The Bertz CT molecular complexity index is 377. The fraction of sp³-hybridized carbons (Fsp3) is 0.625. The molecule has 0 amide bonds. The zero-order valence-electron chi connectivity index (χ0n) is 12.1. The lowest BCUT2D eigenvalue weighted by molar-refractivity contribution is 0.0334. The van der Waals surface area contributed by atoms with E-state index in [2.05, 4.69) is 34.1 Å². The van der Waals surface area contributed by atoms with E-state index in [1.165, 1.54) is 11.1 Å². The number of hydrogen-bond donors (Lipinski definition) is 0. The van der Waals surface area contributed by atoms with Gasteiger partial charge in [0.25, 0.3) is 0 Å². The van der Waals surface area contributed by atoms with Crippen LogP contribution in [0.1, 0.15) is 11.1 Å². The molecule has 2 aliphatic rings. The molecule has 1 aromatic carbocycles. The van der Waals surface area contributed by atoms with Crippen molar-refractivity contribution in [2.45, 2.75) is 13.1 Å². The largest absolute Gasteiger partial charge is 0.379 e. The summed E-state index contributed by atoms with van der Waals surface area (Å²) in [5.74, 6) is 0. The van der Waals surface area contributed by atoms with Crippen LogP contribution in [0.2, 0.25) is 0 Å². The van der Waals surface area contributed by atoms with Crippen molar-refractivity contribution in [3.05, 3.63) is 35.4 Å². The third kappa shape index (κ3) is 4.03. The number of rotatable bonds is 4. The van der Waals surface area contributed by atoms with E-state index in [0.717, 1.165) is 65.7 Å². The molecule has 0 radical (unpaired) electrons. The molecular weight excluding hydrogens is 252 g/mol. The second-order valence-corrected chi connectivity index (χ2v) is 5.60. The van der Waals surface area contributed by atoms with Crippen molar-refractivity contribution in [2.75, 3.05) is 52.6 Å². The molecule has 2 saturated heterocycles. The molecule has 110 valence electrons. The first-order valence-corrected chi connectivity index (χ1v) is 7.58. The van der Waals surface area contributed by atoms with Gasteiger partial charge in [0, 0.05) is 39.3 Å². The predicted molar refractivity (Wildman–Crippen MR) is 78.6 cm³/mol. The molecule has 1 aromatic rings. The van der Waals surface area contributed by atoms with Crippen LogP contribution in [0.4, 0.5) is 0 Å². The highest BCUT2D eigenvalue weighted by atomic mass is 16.5. The summed E-state index contributed by atoms with van der Waals surface area (Å²) in [6, 6.07) is 9.01. The number of morpholine rings is 2. The zero-order valence-corrected chi connectivity index (χ0v) is 12.1. The second-order valence-electron chi connectivity index (χ2n) is 5.60. The summed E-state index contributed by atoms with van der Waals surface area (Å²) < 4.78 is 10.8. The minimum Gasteiger partial charge on any atom is -0.379 e. The Kier molecular flexibility index (Phi) is 5.03. The SMILES string of the molecule is c1cc(CN2CCOCC2)cc(CN2CCOCC2)c1. The number of benzene rings is 1. The molecule has 20 heavy (non-hydrogen) atoms. The van der Waals surface area contributed by atoms with Crippen LogP contribution >= 0.6 is 0 Å². The molecule has 0 aromatic heterocycles. The lowest BCUT2D eigenvalue weighted by atomic mass is 10.1. The number of hydrogen-bond acceptors (Lipinski definition) is 4.